The van der Waals surface area contributed by atoms with Crippen molar-refractivity contribution in [1.82, 2.24) is 5.06 Å². The van der Waals surface area contributed by atoms with Crippen molar-refractivity contribution in [3.05, 3.63) is 12.7 Å². The summed E-state index contributed by atoms with van der Waals surface area (Å²) in [4.78, 5) is 5.59. The van der Waals surface area contributed by atoms with Crippen LogP contribution in [0.15, 0.2) is 12.7 Å². The lowest BCUT2D eigenvalue weighted by Crippen LogP contribution is -2.59. The zero-order chi connectivity index (χ0) is 12.4. The topological polar surface area (TPSA) is 12.5 Å². The largest absolute Gasteiger partial charge is 0.301 e. The Balaban J connectivity index is 2.76. The van der Waals surface area contributed by atoms with E-state index in [0.29, 0.717) is 0 Å². The smallest absolute Gasteiger partial charge is 0.0575 e. The summed E-state index contributed by atoms with van der Waals surface area (Å²) in [7, 11) is 1.79. The Kier molecular flexibility index (Phi) is 4.19. The SMILES string of the molecule is C=CCCC1CC(C)(C)N(OC)C(C)(C)C1. The van der Waals surface area contributed by atoms with E-state index >= 15 is 0 Å². The highest BCUT2D eigenvalue weighted by Crippen LogP contribution is 2.42. The third-order valence-corrected chi connectivity index (χ3v) is 3.64. The van der Waals surface area contributed by atoms with Gasteiger partial charge in [-0.25, -0.2) is 0 Å². The van der Waals surface area contributed by atoms with Crippen molar-refractivity contribution < 1.29 is 4.84 Å². The van der Waals surface area contributed by atoms with E-state index in [4.69, 9.17) is 4.84 Å². The molecule has 1 fully saturated rings. The number of hydroxylamine groups is 2. The van der Waals surface area contributed by atoms with Gasteiger partial charge in [-0.3, -0.25) is 0 Å². The van der Waals surface area contributed by atoms with Gasteiger partial charge in [0.2, 0.25) is 0 Å². The molecular weight excluding hydrogens is 198 g/mol. The van der Waals surface area contributed by atoms with Crippen molar-refractivity contribution in [2.24, 2.45) is 5.92 Å². The molecule has 0 aromatic rings. The fraction of sp³-hybridized carbons (Fsp3) is 0.857. The van der Waals surface area contributed by atoms with Crippen LogP contribution in [-0.2, 0) is 4.84 Å². The zero-order valence-electron chi connectivity index (χ0n) is 11.5. The van der Waals surface area contributed by atoms with Gasteiger partial charge in [0.05, 0.1) is 7.11 Å². The molecule has 0 atom stereocenters. The second-order valence-electron chi connectivity index (χ2n) is 6.24. The molecule has 16 heavy (non-hydrogen) atoms. The van der Waals surface area contributed by atoms with Crippen LogP contribution < -0.4 is 0 Å². The summed E-state index contributed by atoms with van der Waals surface area (Å²) in [6.45, 7) is 12.9. The molecule has 94 valence electrons. The van der Waals surface area contributed by atoms with Crippen LogP contribution in [0.25, 0.3) is 0 Å². The third-order valence-electron chi connectivity index (χ3n) is 3.64. The Morgan fingerprint density at radius 1 is 1.25 bits per heavy atom. The van der Waals surface area contributed by atoms with Gasteiger partial charge >= 0.3 is 0 Å². The van der Waals surface area contributed by atoms with Gasteiger partial charge in [0, 0.05) is 11.1 Å². The molecule has 1 heterocycles. The quantitative estimate of drug-likeness (QED) is 0.675. The minimum atomic E-state index is 0.127. The van der Waals surface area contributed by atoms with E-state index in [9.17, 15) is 0 Å². The molecule has 2 nitrogen and oxygen atoms in total. The molecule has 1 rings (SSSR count). The van der Waals surface area contributed by atoms with Gasteiger partial charge in [-0.05, 0) is 59.3 Å². The van der Waals surface area contributed by atoms with E-state index in [1.807, 2.05) is 6.08 Å². The maximum absolute atomic E-state index is 5.59. The molecule has 0 aromatic carbocycles. The van der Waals surface area contributed by atoms with Gasteiger partial charge in [0.1, 0.15) is 0 Å². The zero-order valence-corrected chi connectivity index (χ0v) is 11.5. The fourth-order valence-corrected chi connectivity index (χ4v) is 3.52. The summed E-state index contributed by atoms with van der Waals surface area (Å²) in [6, 6.07) is 0. The summed E-state index contributed by atoms with van der Waals surface area (Å²) >= 11 is 0. The predicted octanol–water partition coefficient (Wildman–Crippen LogP) is 3.78. The molecular formula is C14H27NO. The number of nitrogens with zero attached hydrogens (tertiary/aromatic N) is 1. The van der Waals surface area contributed by atoms with E-state index in [1.54, 1.807) is 7.11 Å². The van der Waals surface area contributed by atoms with Crippen LogP contribution in [-0.4, -0.2) is 23.3 Å². The summed E-state index contributed by atoms with van der Waals surface area (Å²) < 4.78 is 0. The molecule has 1 aliphatic rings. The predicted molar refractivity (Wildman–Crippen MR) is 69.2 cm³/mol. The van der Waals surface area contributed by atoms with Crippen molar-refractivity contribution >= 4 is 0 Å². The van der Waals surface area contributed by atoms with Crippen molar-refractivity contribution in [3.8, 4) is 0 Å². The van der Waals surface area contributed by atoms with Gasteiger partial charge in [0.15, 0.2) is 0 Å². The van der Waals surface area contributed by atoms with Gasteiger partial charge in [-0.1, -0.05) is 6.08 Å². The Bertz CT molecular complexity index is 227. The molecule has 0 saturated carbocycles. The second-order valence-corrected chi connectivity index (χ2v) is 6.24. The first-order valence-electron chi connectivity index (χ1n) is 6.29. The van der Waals surface area contributed by atoms with E-state index in [1.165, 1.54) is 19.3 Å². The Labute approximate surface area is 101 Å². The molecule has 0 amide bonds. The molecule has 1 aliphatic heterocycles. The van der Waals surface area contributed by atoms with Crippen LogP contribution in [0.2, 0.25) is 0 Å². The van der Waals surface area contributed by atoms with Crippen molar-refractivity contribution in [2.75, 3.05) is 7.11 Å². The first-order chi connectivity index (χ1) is 7.33. The average molecular weight is 225 g/mol. The molecule has 0 N–H and O–H groups in total. The highest BCUT2D eigenvalue weighted by atomic mass is 16.7. The lowest BCUT2D eigenvalue weighted by molar-refractivity contribution is -0.272. The molecule has 0 bridgehead atoms. The van der Waals surface area contributed by atoms with E-state index in [0.717, 1.165) is 12.3 Å². The number of allylic oxidation sites excluding steroid dienone is 1. The summed E-state index contributed by atoms with van der Waals surface area (Å²) in [5.74, 6) is 0.786. The highest BCUT2D eigenvalue weighted by Gasteiger charge is 2.45. The maximum atomic E-state index is 5.59. The third kappa shape index (κ3) is 2.86. The van der Waals surface area contributed by atoms with E-state index < -0.39 is 0 Å². The molecule has 0 unspecified atom stereocenters. The molecule has 0 aliphatic carbocycles. The Morgan fingerprint density at radius 3 is 2.12 bits per heavy atom. The van der Waals surface area contributed by atoms with Crippen LogP contribution in [0.3, 0.4) is 0 Å². The highest BCUT2D eigenvalue weighted by molar-refractivity contribution is 4.96. The van der Waals surface area contributed by atoms with Crippen molar-refractivity contribution in [3.63, 3.8) is 0 Å². The average Bonchev–Trinajstić information content (AvgIpc) is 2.11. The van der Waals surface area contributed by atoms with Crippen LogP contribution in [0.4, 0.5) is 0 Å². The number of piperidine rings is 1. The first-order valence-corrected chi connectivity index (χ1v) is 6.29. The maximum Gasteiger partial charge on any atom is 0.0575 e. The summed E-state index contributed by atoms with van der Waals surface area (Å²) in [6.07, 6.45) is 6.83. The lowest BCUT2D eigenvalue weighted by Gasteiger charge is -2.53. The number of hydrogen-bond donors (Lipinski definition) is 0. The first kappa shape index (κ1) is 13.7. The Hall–Kier alpha value is -0.340. The Morgan fingerprint density at radius 2 is 1.75 bits per heavy atom. The van der Waals surface area contributed by atoms with Crippen molar-refractivity contribution in [1.29, 1.82) is 0 Å². The van der Waals surface area contributed by atoms with Crippen LogP contribution in [0.5, 0.6) is 0 Å². The van der Waals surface area contributed by atoms with E-state index in [-0.39, 0.29) is 11.1 Å². The van der Waals surface area contributed by atoms with E-state index in [2.05, 4.69) is 39.3 Å². The minimum absolute atomic E-state index is 0.127. The summed E-state index contributed by atoms with van der Waals surface area (Å²) in [5, 5.41) is 2.17. The van der Waals surface area contributed by atoms with Gasteiger partial charge in [-0.2, -0.15) is 5.06 Å². The van der Waals surface area contributed by atoms with Crippen LogP contribution in [0, 0.1) is 5.92 Å². The minimum Gasteiger partial charge on any atom is -0.301 e. The van der Waals surface area contributed by atoms with Crippen LogP contribution in [0.1, 0.15) is 53.4 Å². The molecule has 2 heteroatoms. The summed E-state index contributed by atoms with van der Waals surface area (Å²) in [5.41, 5.74) is 0.255. The number of hydrogen-bond acceptors (Lipinski definition) is 2. The van der Waals surface area contributed by atoms with Gasteiger partial charge in [0.25, 0.3) is 0 Å². The standard InChI is InChI=1S/C14H27NO/c1-7-8-9-12-10-13(2,3)15(16-6)14(4,5)11-12/h7,12H,1,8-11H2,2-6H3. The second kappa shape index (κ2) is 4.89. The normalized spacial score (nSPS) is 25.6. The fourth-order valence-electron chi connectivity index (χ4n) is 3.52. The molecule has 0 spiro atoms. The van der Waals surface area contributed by atoms with Gasteiger partial charge < -0.3 is 4.84 Å². The van der Waals surface area contributed by atoms with Gasteiger partial charge in [-0.15, -0.1) is 6.58 Å². The van der Waals surface area contributed by atoms with Crippen LogP contribution >= 0.6 is 0 Å². The molecule has 0 radical (unpaired) electrons. The monoisotopic (exact) mass is 225 g/mol. The number of rotatable bonds is 4. The molecule has 0 aromatic heterocycles. The lowest BCUT2D eigenvalue weighted by atomic mass is 9.74. The molecule has 1 saturated heterocycles. The van der Waals surface area contributed by atoms with Crippen molar-refractivity contribution in [2.45, 2.75) is 64.5 Å².